The molecule has 0 saturated carbocycles. The van der Waals surface area contributed by atoms with Crippen LogP contribution in [0.1, 0.15) is 27.3 Å². The molecular formula is C15H16N4O2. The van der Waals surface area contributed by atoms with Crippen LogP contribution >= 0.6 is 0 Å². The number of nitrogens with one attached hydrogen (secondary N) is 1. The third-order valence-corrected chi connectivity index (χ3v) is 2.87. The lowest BCUT2D eigenvalue weighted by Crippen LogP contribution is -2.26. The van der Waals surface area contributed by atoms with E-state index in [1.807, 2.05) is 13.0 Å². The van der Waals surface area contributed by atoms with Gasteiger partial charge in [0, 0.05) is 24.1 Å². The van der Waals surface area contributed by atoms with Gasteiger partial charge < -0.3 is 15.6 Å². The maximum atomic E-state index is 12.1. The molecule has 6 heteroatoms. The Morgan fingerprint density at radius 1 is 1.48 bits per heavy atom. The van der Waals surface area contributed by atoms with Crippen LogP contribution in [0, 0.1) is 18.8 Å². The van der Waals surface area contributed by atoms with Crippen molar-refractivity contribution < 1.29 is 9.32 Å². The topological polar surface area (TPSA) is 94.0 Å². The second-order valence-corrected chi connectivity index (χ2v) is 4.39. The van der Waals surface area contributed by atoms with E-state index in [1.54, 1.807) is 12.1 Å². The van der Waals surface area contributed by atoms with Gasteiger partial charge in [0.1, 0.15) is 0 Å². The molecule has 0 aliphatic carbocycles. The molecule has 2 rings (SSSR count). The summed E-state index contributed by atoms with van der Waals surface area (Å²) in [6.07, 6.45) is 1.79. The summed E-state index contributed by atoms with van der Waals surface area (Å²) in [5, 5.41) is 6.48. The van der Waals surface area contributed by atoms with E-state index in [-0.39, 0.29) is 5.91 Å². The predicted molar refractivity (Wildman–Crippen MR) is 77.4 cm³/mol. The van der Waals surface area contributed by atoms with Crippen LogP contribution in [-0.2, 0) is 6.42 Å². The lowest BCUT2D eigenvalue weighted by Gasteiger charge is -2.05. The minimum Gasteiger partial charge on any atom is -0.352 e. The molecule has 0 saturated heterocycles. The highest BCUT2D eigenvalue weighted by molar-refractivity contribution is 5.94. The molecule has 0 fully saturated rings. The fourth-order valence-corrected chi connectivity index (χ4v) is 1.74. The second-order valence-electron chi connectivity index (χ2n) is 4.39. The first-order chi connectivity index (χ1) is 10.2. The van der Waals surface area contributed by atoms with Crippen LogP contribution in [0.3, 0.4) is 0 Å². The van der Waals surface area contributed by atoms with Crippen LogP contribution in [0.4, 0.5) is 0 Å². The number of carbonyl (C=O) groups is 1. The molecule has 1 heterocycles. The highest BCUT2D eigenvalue weighted by atomic mass is 16.5. The highest BCUT2D eigenvalue weighted by Gasteiger charge is 2.07. The summed E-state index contributed by atoms with van der Waals surface area (Å²) in [5.41, 5.74) is 7.75. The Hall–Kier alpha value is -2.65. The lowest BCUT2D eigenvalue weighted by molar-refractivity contribution is 0.0954. The van der Waals surface area contributed by atoms with Gasteiger partial charge in [-0.15, -0.1) is 0 Å². The molecule has 1 aromatic heterocycles. The van der Waals surface area contributed by atoms with Crippen molar-refractivity contribution in [2.45, 2.75) is 13.3 Å². The third-order valence-electron chi connectivity index (χ3n) is 2.87. The van der Waals surface area contributed by atoms with Gasteiger partial charge in [-0.05, 0) is 24.6 Å². The van der Waals surface area contributed by atoms with Gasteiger partial charge in [0.15, 0.2) is 5.82 Å². The molecule has 21 heavy (non-hydrogen) atoms. The quantitative estimate of drug-likeness (QED) is 0.804. The van der Waals surface area contributed by atoms with E-state index in [0.717, 1.165) is 11.1 Å². The van der Waals surface area contributed by atoms with E-state index < -0.39 is 0 Å². The normalized spacial score (nSPS) is 9.81. The Morgan fingerprint density at radius 3 is 3.05 bits per heavy atom. The van der Waals surface area contributed by atoms with Crippen LogP contribution in [0.15, 0.2) is 29.1 Å². The summed E-state index contributed by atoms with van der Waals surface area (Å²) < 4.78 is 4.62. The van der Waals surface area contributed by atoms with Crippen molar-refractivity contribution in [2.75, 3.05) is 13.1 Å². The molecule has 108 valence electrons. The Bertz CT molecular complexity index is 669. The van der Waals surface area contributed by atoms with Crippen LogP contribution < -0.4 is 11.1 Å². The van der Waals surface area contributed by atoms with E-state index in [9.17, 15) is 4.79 Å². The van der Waals surface area contributed by atoms with Crippen LogP contribution in [-0.4, -0.2) is 29.1 Å². The Labute approximate surface area is 122 Å². The highest BCUT2D eigenvalue weighted by Crippen LogP contribution is 2.10. The Balaban J connectivity index is 1.98. The van der Waals surface area contributed by atoms with E-state index >= 15 is 0 Å². The van der Waals surface area contributed by atoms with Gasteiger partial charge in [-0.3, -0.25) is 4.79 Å². The van der Waals surface area contributed by atoms with Gasteiger partial charge in [0.05, 0.1) is 6.54 Å². The van der Waals surface area contributed by atoms with Crippen molar-refractivity contribution in [1.29, 1.82) is 0 Å². The molecule has 0 aliphatic rings. The molecule has 0 radical (unpaired) electrons. The maximum absolute atomic E-state index is 12.1. The van der Waals surface area contributed by atoms with Crippen molar-refractivity contribution in [3.63, 3.8) is 0 Å². The monoisotopic (exact) mass is 284 g/mol. The van der Waals surface area contributed by atoms with E-state index in [1.165, 1.54) is 6.39 Å². The zero-order valence-electron chi connectivity index (χ0n) is 11.7. The van der Waals surface area contributed by atoms with Gasteiger partial charge >= 0.3 is 0 Å². The second kappa shape index (κ2) is 7.22. The van der Waals surface area contributed by atoms with Crippen molar-refractivity contribution in [3.8, 4) is 11.8 Å². The molecule has 6 nitrogen and oxygen atoms in total. The van der Waals surface area contributed by atoms with Crippen LogP contribution in [0.5, 0.6) is 0 Å². The SMILES string of the molecule is Cc1ccc(C(=O)NCCc2ncon2)cc1C#CCN. The van der Waals surface area contributed by atoms with Crippen molar-refractivity contribution >= 4 is 5.91 Å². The molecule has 2 aromatic rings. The average molecular weight is 284 g/mol. The molecule has 0 atom stereocenters. The van der Waals surface area contributed by atoms with Crippen molar-refractivity contribution in [3.05, 3.63) is 47.1 Å². The number of hydrogen-bond donors (Lipinski definition) is 2. The Morgan fingerprint density at radius 2 is 2.33 bits per heavy atom. The van der Waals surface area contributed by atoms with Crippen molar-refractivity contribution in [2.24, 2.45) is 5.73 Å². The molecular weight excluding hydrogens is 268 g/mol. The first-order valence-corrected chi connectivity index (χ1v) is 6.53. The molecule has 0 spiro atoms. The molecule has 1 amide bonds. The minimum absolute atomic E-state index is 0.158. The first-order valence-electron chi connectivity index (χ1n) is 6.53. The first kappa shape index (κ1) is 14.8. The lowest BCUT2D eigenvalue weighted by atomic mass is 10.0. The van der Waals surface area contributed by atoms with E-state index in [4.69, 9.17) is 5.73 Å². The maximum Gasteiger partial charge on any atom is 0.251 e. The van der Waals surface area contributed by atoms with Gasteiger partial charge in [0.25, 0.3) is 5.91 Å². The average Bonchev–Trinajstić information content (AvgIpc) is 2.99. The zero-order valence-corrected chi connectivity index (χ0v) is 11.7. The standard InChI is InChI=1S/C15H16N4O2/c1-11-4-5-13(9-12(11)3-2-7-16)15(20)17-8-6-14-18-10-21-19-14/h4-5,9-10H,6-8,16H2,1H3,(H,17,20). The zero-order chi connectivity index (χ0) is 15.1. The number of hydrogen-bond acceptors (Lipinski definition) is 5. The van der Waals surface area contributed by atoms with Gasteiger partial charge in [0.2, 0.25) is 6.39 Å². The number of aryl methyl sites for hydroxylation is 1. The minimum atomic E-state index is -0.158. The molecule has 0 aliphatic heterocycles. The fraction of sp³-hybridized carbons (Fsp3) is 0.267. The van der Waals surface area contributed by atoms with Gasteiger partial charge in [-0.1, -0.05) is 23.1 Å². The fourth-order valence-electron chi connectivity index (χ4n) is 1.74. The van der Waals surface area contributed by atoms with E-state index in [2.05, 4.69) is 31.8 Å². The predicted octanol–water partition coefficient (Wildman–Crippen LogP) is 0.661. The van der Waals surface area contributed by atoms with E-state index in [0.29, 0.717) is 30.9 Å². The number of rotatable bonds is 4. The van der Waals surface area contributed by atoms with Gasteiger partial charge in [-0.25, -0.2) is 0 Å². The summed E-state index contributed by atoms with van der Waals surface area (Å²) in [5.74, 6) is 6.16. The Kier molecular flexibility index (Phi) is 5.07. The summed E-state index contributed by atoms with van der Waals surface area (Å²) >= 11 is 0. The summed E-state index contributed by atoms with van der Waals surface area (Å²) in [6.45, 7) is 2.68. The molecule has 1 aromatic carbocycles. The third kappa shape index (κ3) is 4.16. The van der Waals surface area contributed by atoms with Crippen molar-refractivity contribution in [1.82, 2.24) is 15.5 Å². The number of aromatic nitrogens is 2. The molecule has 3 N–H and O–H groups in total. The number of nitrogens with zero attached hydrogens (tertiary/aromatic N) is 2. The summed E-state index contributed by atoms with van der Waals surface area (Å²) in [6, 6.07) is 5.41. The largest absolute Gasteiger partial charge is 0.352 e. The van der Waals surface area contributed by atoms with Gasteiger partial charge in [-0.2, -0.15) is 4.98 Å². The molecule has 0 unspecified atom stereocenters. The number of amides is 1. The summed E-state index contributed by atoms with van der Waals surface area (Å²) in [7, 11) is 0. The smallest absolute Gasteiger partial charge is 0.251 e. The summed E-state index contributed by atoms with van der Waals surface area (Å²) in [4.78, 5) is 15.9. The van der Waals surface area contributed by atoms with Crippen LogP contribution in [0.25, 0.3) is 0 Å². The number of nitrogens with two attached hydrogens (primary N) is 1. The van der Waals surface area contributed by atoms with Crippen LogP contribution in [0.2, 0.25) is 0 Å². The molecule has 0 bridgehead atoms. The number of carbonyl (C=O) groups excluding carboxylic acids is 1. The number of benzene rings is 1.